The number of ether oxygens (including phenoxy) is 1. The van der Waals surface area contributed by atoms with E-state index in [1.165, 1.54) is 4.90 Å². The molecular formula is C22H37N3O5. The predicted molar refractivity (Wildman–Crippen MR) is 111 cm³/mol. The molecule has 30 heavy (non-hydrogen) atoms. The Morgan fingerprint density at radius 1 is 1.30 bits per heavy atom. The number of nitrogens with zero attached hydrogens (tertiary/aromatic N) is 1. The van der Waals surface area contributed by atoms with Gasteiger partial charge >= 0.3 is 0 Å². The third-order valence-corrected chi connectivity index (χ3v) is 7.34. The number of nitrogens with one attached hydrogen (secondary N) is 2. The molecule has 8 nitrogen and oxygen atoms in total. The van der Waals surface area contributed by atoms with Gasteiger partial charge in [-0.25, -0.2) is 0 Å². The molecule has 3 fully saturated rings. The molecule has 3 rings (SSSR count). The molecule has 3 heterocycles. The second-order valence-corrected chi connectivity index (χ2v) is 9.65. The zero-order chi connectivity index (χ0) is 22.4. The molecule has 0 aromatic carbocycles. The van der Waals surface area contributed by atoms with E-state index >= 15 is 0 Å². The lowest BCUT2D eigenvalue weighted by Gasteiger charge is -2.37. The topological polar surface area (TPSA) is 108 Å². The second kappa shape index (κ2) is 8.11. The van der Waals surface area contributed by atoms with Crippen LogP contribution in [0.5, 0.6) is 0 Å². The van der Waals surface area contributed by atoms with Gasteiger partial charge in [-0.2, -0.15) is 0 Å². The highest BCUT2D eigenvalue weighted by molar-refractivity contribution is 5.99. The zero-order valence-electron chi connectivity index (χ0n) is 19.0. The largest absolute Gasteiger partial charge is 0.394 e. The lowest BCUT2D eigenvalue weighted by Crippen LogP contribution is -2.58. The molecule has 0 saturated carbocycles. The van der Waals surface area contributed by atoms with Crippen molar-refractivity contribution in [3.8, 4) is 0 Å². The molecule has 0 aliphatic carbocycles. The first kappa shape index (κ1) is 23.0. The van der Waals surface area contributed by atoms with Gasteiger partial charge in [0.1, 0.15) is 11.6 Å². The van der Waals surface area contributed by atoms with Gasteiger partial charge < -0.3 is 25.4 Å². The summed E-state index contributed by atoms with van der Waals surface area (Å²) in [5, 5.41) is 15.8. The Morgan fingerprint density at radius 2 is 1.97 bits per heavy atom. The first-order valence-electron chi connectivity index (χ1n) is 11.3. The summed E-state index contributed by atoms with van der Waals surface area (Å²) in [7, 11) is 0. The van der Waals surface area contributed by atoms with E-state index in [0.29, 0.717) is 19.4 Å². The maximum Gasteiger partial charge on any atom is 0.246 e. The minimum Gasteiger partial charge on any atom is -0.394 e. The van der Waals surface area contributed by atoms with Gasteiger partial charge in [-0.15, -0.1) is 0 Å². The highest BCUT2D eigenvalue weighted by atomic mass is 16.5. The van der Waals surface area contributed by atoms with Crippen molar-refractivity contribution in [1.82, 2.24) is 15.5 Å². The predicted octanol–water partition coefficient (Wildman–Crippen LogP) is 0.819. The lowest BCUT2D eigenvalue weighted by atomic mass is 9.62. The standard InChI is InChI=1S/C22H37N3O5/c1-7-9-23-18(27)15-16-20(29)25(14(8-2)11-26)17(19(28)24-12(3)4)22(16)10-13(5)21(15,6)30-22/h12-17,26H,7-11H2,1-6H3,(H,23,27)(H,24,28)/t13?,14-,15-,16-,17?,21+,22?/m0/s1. The first-order valence-corrected chi connectivity index (χ1v) is 11.3. The van der Waals surface area contributed by atoms with Gasteiger partial charge in [0.15, 0.2) is 0 Å². The van der Waals surface area contributed by atoms with Gasteiger partial charge in [0.2, 0.25) is 17.7 Å². The van der Waals surface area contributed by atoms with E-state index in [1.54, 1.807) is 0 Å². The molecule has 0 radical (unpaired) electrons. The summed E-state index contributed by atoms with van der Waals surface area (Å²) in [5.41, 5.74) is -1.86. The Labute approximate surface area is 179 Å². The SMILES string of the molecule is CCCNC(=O)[C@@H]1[C@H]2C(=O)N([C@@H](CC)CO)C(C(=O)NC(C)C)C23CC(C)[C@@]1(C)O3. The van der Waals surface area contributed by atoms with E-state index in [2.05, 4.69) is 10.6 Å². The van der Waals surface area contributed by atoms with Crippen LogP contribution in [0.1, 0.15) is 60.8 Å². The summed E-state index contributed by atoms with van der Waals surface area (Å²) in [6.07, 6.45) is 1.84. The molecule has 170 valence electrons. The molecule has 1 spiro atoms. The Hall–Kier alpha value is -1.67. The van der Waals surface area contributed by atoms with Gasteiger partial charge in [-0.3, -0.25) is 14.4 Å². The highest BCUT2D eigenvalue weighted by Crippen LogP contribution is 2.65. The summed E-state index contributed by atoms with van der Waals surface area (Å²) in [4.78, 5) is 41.8. The Kier molecular flexibility index (Phi) is 6.22. The van der Waals surface area contributed by atoms with Crippen LogP contribution in [0.2, 0.25) is 0 Å². The van der Waals surface area contributed by atoms with Crippen LogP contribution in [0.15, 0.2) is 0 Å². The van der Waals surface area contributed by atoms with Crippen molar-refractivity contribution in [2.45, 2.75) is 90.1 Å². The third-order valence-electron chi connectivity index (χ3n) is 7.34. The molecule has 3 saturated heterocycles. The average molecular weight is 424 g/mol. The van der Waals surface area contributed by atoms with E-state index in [1.807, 2.05) is 41.5 Å². The Morgan fingerprint density at radius 3 is 2.50 bits per heavy atom. The van der Waals surface area contributed by atoms with Crippen LogP contribution in [-0.4, -0.2) is 70.2 Å². The fourth-order valence-corrected chi connectivity index (χ4v) is 5.90. The van der Waals surface area contributed by atoms with Crippen molar-refractivity contribution in [3.63, 3.8) is 0 Å². The normalized spacial score (nSPS) is 38.1. The molecule has 2 bridgehead atoms. The minimum absolute atomic E-state index is 0.0161. The average Bonchev–Trinajstić information content (AvgIpc) is 3.18. The lowest BCUT2D eigenvalue weighted by molar-refractivity contribution is -0.151. The molecule has 7 atom stereocenters. The molecule has 3 aliphatic rings. The van der Waals surface area contributed by atoms with Crippen molar-refractivity contribution in [2.75, 3.05) is 13.2 Å². The number of fused-ring (bicyclic) bond motifs is 1. The monoisotopic (exact) mass is 423 g/mol. The number of amides is 3. The van der Waals surface area contributed by atoms with E-state index in [0.717, 1.165) is 6.42 Å². The Bertz CT molecular complexity index is 709. The fraction of sp³-hybridized carbons (Fsp3) is 0.864. The molecule has 3 unspecified atom stereocenters. The number of aliphatic hydroxyl groups excluding tert-OH is 1. The summed E-state index contributed by atoms with van der Waals surface area (Å²) in [6.45, 7) is 11.8. The quantitative estimate of drug-likeness (QED) is 0.536. The van der Waals surface area contributed by atoms with Crippen LogP contribution in [0, 0.1) is 17.8 Å². The molecule has 0 aromatic rings. The number of carbonyl (C=O) groups is 3. The van der Waals surface area contributed by atoms with E-state index in [-0.39, 0.29) is 36.3 Å². The number of likely N-dealkylation sites (tertiary alicyclic amines) is 1. The number of aliphatic hydroxyl groups is 1. The number of carbonyl (C=O) groups excluding carboxylic acids is 3. The van der Waals surface area contributed by atoms with Gasteiger partial charge in [0.05, 0.1) is 30.1 Å². The second-order valence-electron chi connectivity index (χ2n) is 9.65. The smallest absolute Gasteiger partial charge is 0.246 e. The Balaban J connectivity index is 2.10. The summed E-state index contributed by atoms with van der Waals surface area (Å²) >= 11 is 0. The van der Waals surface area contributed by atoms with Crippen LogP contribution in [0.4, 0.5) is 0 Å². The van der Waals surface area contributed by atoms with Gasteiger partial charge in [-0.05, 0) is 46.0 Å². The minimum atomic E-state index is -1.05. The van der Waals surface area contributed by atoms with Crippen molar-refractivity contribution in [3.05, 3.63) is 0 Å². The maximum absolute atomic E-state index is 13.7. The molecular weight excluding hydrogens is 386 g/mol. The van der Waals surface area contributed by atoms with Crippen molar-refractivity contribution >= 4 is 17.7 Å². The van der Waals surface area contributed by atoms with Crippen molar-refractivity contribution in [2.24, 2.45) is 17.8 Å². The number of hydrogen-bond acceptors (Lipinski definition) is 5. The molecule has 0 aromatic heterocycles. The molecule has 3 amide bonds. The summed E-state index contributed by atoms with van der Waals surface area (Å²) < 4.78 is 6.59. The third kappa shape index (κ3) is 3.14. The van der Waals surface area contributed by atoms with Crippen molar-refractivity contribution < 1.29 is 24.2 Å². The van der Waals surface area contributed by atoms with E-state index < -0.39 is 35.1 Å². The van der Waals surface area contributed by atoms with E-state index in [4.69, 9.17) is 4.74 Å². The molecule has 8 heteroatoms. The van der Waals surface area contributed by atoms with Crippen LogP contribution in [-0.2, 0) is 19.1 Å². The maximum atomic E-state index is 13.7. The van der Waals surface area contributed by atoms with Crippen LogP contribution < -0.4 is 10.6 Å². The first-order chi connectivity index (χ1) is 14.1. The molecule has 3 aliphatic heterocycles. The number of hydrogen-bond donors (Lipinski definition) is 3. The fourth-order valence-electron chi connectivity index (χ4n) is 5.90. The summed E-state index contributed by atoms with van der Waals surface area (Å²) in [6, 6.07) is -1.46. The molecule has 3 N–H and O–H groups in total. The van der Waals surface area contributed by atoms with E-state index in [9.17, 15) is 19.5 Å². The van der Waals surface area contributed by atoms with Gasteiger partial charge in [0, 0.05) is 12.6 Å². The number of rotatable bonds is 8. The van der Waals surface area contributed by atoms with Crippen molar-refractivity contribution in [1.29, 1.82) is 0 Å². The van der Waals surface area contributed by atoms with Gasteiger partial charge in [0.25, 0.3) is 0 Å². The van der Waals surface area contributed by atoms with Crippen LogP contribution in [0.25, 0.3) is 0 Å². The zero-order valence-corrected chi connectivity index (χ0v) is 19.0. The van der Waals surface area contributed by atoms with Crippen LogP contribution >= 0.6 is 0 Å². The highest BCUT2D eigenvalue weighted by Gasteiger charge is 2.80. The van der Waals surface area contributed by atoms with Gasteiger partial charge in [-0.1, -0.05) is 20.8 Å². The van der Waals surface area contributed by atoms with Crippen LogP contribution in [0.3, 0.4) is 0 Å². The summed E-state index contributed by atoms with van der Waals surface area (Å²) in [5.74, 6) is -2.09.